The van der Waals surface area contributed by atoms with E-state index in [9.17, 15) is 9.59 Å². The van der Waals surface area contributed by atoms with Gasteiger partial charge < -0.3 is 10.1 Å². The standard InChI is InChI=1S/C14H14ClN3O3/c1-3-21-14(20)11-8-12(18(2)17-11)13(19)16-10-6-4-9(15)5-7-10/h4-8H,3H2,1-2H3,(H,16,19). The maximum absolute atomic E-state index is 12.2. The Bertz CT molecular complexity index is 665. The highest BCUT2D eigenvalue weighted by atomic mass is 35.5. The van der Waals surface area contributed by atoms with Gasteiger partial charge in [-0.15, -0.1) is 0 Å². The molecule has 0 spiro atoms. The molecule has 2 aromatic rings. The number of aryl methyl sites for hydroxylation is 1. The van der Waals surface area contributed by atoms with Gasteiger partial charge >= 0.3 is 5.97 Å². The molecule has 21 heavy (non-hydrogen) atoms. The zero-order valence-corrected chi connectivity index (χ0v) is 12.3. The lowest BCUT2D eigenvalue weighted by molar-refractivity contribution is 0.0518. The van der Waals surface area contributed by atoms with Crippen molar-refractivity contribution >= 4 is 29.2 Å². The average Bonchev–Trinajstić information content (AvgIpc) is 2.84. The summed E-state index contributed by atoms with van der Waals surface area (Å²) < 4.78 is 6.18. The van der Waals surface area contributed by atoms with Crippen LogP contribution in [0.5, 0.6) is 0 Å². The van der Waals surface area contributed by atoms with Gasteiger partial charge in [-0.25, -0.2) is 4.79 Å². The van der Waals surface area contributed by atoms with Crippen molar-refractivity contribution < 1.29 is 14.3 Å². The predicted octanol–water partition coefficient (Wildman–Crippen LogP) is 2.50. The molecule has 7 heteroatoms. The maximum Gasteiger partial charge on any atom is 0.358 e. The lowest BCUT2D eigenvalue weighted by atomic mass is 10.3. The molecule has 0 fully saturated rings. The second kappa shape index (κ2) is 6.41. The maximum atomic E-state index is 12.2. The number of anilines is 1. The van der Waals surface area contributed by atoms with Gasteiger partial charge in [0.15, 0.2) is 5.69 Å². The third-order valence-corrected chi connectivity index (χ3v) is 2.95. The van der Waals surface area contributed by atoms with E-state index < -0.39 is 5.97 Å². The second-order valence-corrected chi connectivity index (χ2v) is 4.66. The van der Waals surface area contributed by atoms with Crippen LogP contribution in [0.3, 0.4) is 0 Å². The highest BCUT2D eigenvalue weighted by Gasteiger charge is 2.18. The number of aromatic nitrogens is 2. The summed E-state index contributed by atoms with van der Waals surface area (Å²) in [5, 5.41) is 7.25. The third kappa shape index (κ3) is 3.61. The zero-order chi connectivity index (χ0) is 15.4. The zero-order valence-electron chi connectivity index (χ0n) is 11.6. The van der Waals surface area contributed by atoms with Crippen LogP contribution >= 0.6 is 11.6 Å². The van der Waals surface area contributed by atoms with Crippen LogP contribution < -0.4 is 5.32 Å². The Morgan fingerprint density at radius 1 is 1.33 bits per heavy atom. The molecule has 6 nitrogen and oxygen atoms in total. The van der Waals surface area contributed by atoms with Gasteiger partial charge in [-0.3, -0.25) is 9.48 Å². The van der Waals surface area contributed by atoms with Crippen molar-refractivity contribution in [1.29, 1.82) is 0 Å². The van der Waals surface area contributed by atoms with E-state index in [1.165, 1.54) is 10.7 Å². The normalized spacial score (nSPS) is 10.2. The van der Waals surface area contributed by atoms with Crippen molar-refractivity contribution in [3.8, 4) is 0 Å². The Balaban J connectivity index is 2.15. The number of esters is 1. The lowest BCUT2D eigenvalue weighted by Gasteiger charge is -2.04. The molecule has 0 atom stereocenters. The molecule has 1 N–H and O–H groups in total. The summed E-state index contributed by atoms with van der Waals surface area (Å²) >= 11 is 5.78. The van der Waals surface area contributed by atoms with E-state index in [1.54, 1.807) is 38.2 Å². The summed E-state index contributed by atoms with van der Waals surface area (Å²) in [5.41, 5.74) is 0.955. The Kier molecular flexibility index (Phi) is 4.59. The van der Waals surface area contributed by atoms with E-state index in [2.05, 4.69) is 10.4 Å². The fraction of sp³-hybridized carbons (Fsp3) is 0.214. The Labute approximate surface area is 126 Å². The van der Waals surface area contributed by atoms with Crippen molar-refractivity contribution in [2.45, 2.75) is 6.92 Å². The highest BCUT2D eigenvalue weighted by molar-refractivity contribution is 6.30. The summed E-state index contributed by atoms with van der Waals surface area (Å²) in [7, 11) is 1.58. The summed E-state index contributed by atoms with van der Waals surface area (Å²) in [6.07, 6.45) is 0. The van der Waals surface area contributed by atoms with Crippen molar-refractivity contribution in [2.24, 2.45) is 7.05 Å². The first-order valence-corrected chi connectivity index (χ1v) is 6.67. The van der Waals surface area contributed by atoms with Crippen molar-refractivity contribution in [3.05, 3.63) is 46.7 Å². The fourth-order valence-electron chi connectivity index (χ4n) is 1.71. The minimum atomic E-state index is -0.557. The minimum Gasteiger partial charge on any atom is -0.461 e. The van der Waals surface area contributed by atoms with Gasteiger partial charge in [-0.2, -0.15) is 5.10 Å². The van der Waals surface area contributed by atoms with Gasteiger partial charge in [-0.05, 0) is 31.2 Å². The Morgan fingerprint density at radius 2 is 2.00 bits per heavy atom. The quantitative estimate of drug-likeness (QED) is 0.881. The van der Waals surface area contributed by atoms with Gasteiger partial charge in [0.25, 0.3) is 5.91 Å². The number of carbonyl (C=O) groups excluding carboxylic acids is 2. The number of carbonyl (C=O) groups is 2. The summed E-state index contributed by atoms with van der Waals surface area (Å²) in [5.74, 6) is -0.929. The molecule has 110 valence electrons. The molecule has 1 aromatic carbocycles. The molecule has 0 bridgehead atoms. The number of halogens is 1. The fourth-order valence-corrected chi connectivity index (χ4v) is 1.84. The van der Waals surface area contributed by atoms with E-state index in [0.29, 0.717) is 10.7 Å². The molecular weight excluding hydrogens is 294 g/mol. The number of amides is 1. The first kappa shape index (κ1) is 15.1. The van der Waals surface area contributed by atoms with Crippen LogP contribution in [0.4, 0.5) is 5.69 Å². The number of nitrogens with zero attached hydrogens (tertiary/aromatic N) is 2. The first-order valence-electron chi connectivity index (χ1n) is 6.29. The van der Waals surface area contributed by atoms with Crippen LogP contribution in [0.15, 0.2) is 30.3 Å². The summed E-state index contributed by atoms with van der Waals surface area (Å²) in [4.78, 5) is 23.7. The molecule has 1 aromatic heterocycles. The Hall–Kier alpha value is -2.34. The number of nitrogens with one attached hydrogen (secondary N) is 1. The molecule has 0 saturated heterocycles. The summed E-state index contributed by atoms with van der Waals surface area (Å²) in [6.45, 7) is 1.96. The monoisotopic (exact) mass is 307 g/mol. The minimum absolute atomic E-state index is 0.0978. The van der Waals surface area contributed by atoms with Gasteiger partial charge in [0.1, 0.15) is 5.69 Å². The van der Waals surface area contributed by atoms with Crippen LogP contribution in [-0.2, 0) is 11.8 Å². The van der Waals surface area contributed by atoms with Crippen LogP contribution in [-0.4, -0.2) is 28.3 Å². The van der Waals surface area contributed by atoms with Crippen LogP contribution in [0, 0.1) is 0 Å². The highest BCUT2D eigenvalue weighted by Crippen LogP contribution is 2.15. The third-order valence-electron chi connectivity index (χ3n) is 2.70. The molecule has 0 saturated carbocycles. The number of rotatable bonds is 4. The average molecular weight is 308 g/mol. The lowest BCUT2D eigenvalue weighted by Crippen LogP contribution is -2.15. The molecular formula is C14H14ClN3O3. The smallest absolute Gasteiger partial charge is 0.358 e. The molecule has 2 rings (SSSR count). The summed E-state index contributed by atoms with van der Waals surface area (Å²) in [6, 6.07) is 8.10. The SMILES string of the molecule is CCOC(=O)c1cc(C(=O)Nc2ccc(Cl)cc2)n(C)n1. The van der Waals surface area contributed by atoms with Gasteiger partial charge in [0.2, 0.25) is 0 Å². The molecule has 0 aliphatic carbocycles. The van der Waals surface area contributed by atoms with Crippen LogP contribution in [0.1, 0.15) is 27.9 Å². The number of ether oxygens (including phenoxy) is 1. The second-order valence-electron chi connectivity index (χ2n) is 4.22. The van der Waals surface area contributed by atoms with E-state index in [1.807, 2.05) is 0 Å². The van der Waals surface area contributed by atoms with E-state index >= 15 is 0 Å². The Morgan fingerprint density at radius 3 is 2.62 bits per heavy atom. The van der Waals surface area contributed by atoms with Crippen LogP contribution in [0.2, 0.25) is 5.02 Å². The topological polar surface area (TPSA) is 73.2 Å². The number of hydrogen-bond acceptors (Lipinski definition) is 4. The predicted molar refractivity (Wildman–Crippen MR) is 78.6 cm³/mol. The van der Waals surface area contributed by atoms with E-state index in [4.69, 9.17) is 16.3 Å². The first-order chi connectivity index (χ1) is 10.0. The molecule has 0 radical (unpaired) electrons. The molecule has 0 aliphatic rings. The van der Waals surface area contributed by atoms with Gasteiger partial charge in [0, 0.05) is 23.8 Å². The van der Waals surface area contributed by atoms with Crippen molar-refractivity contribution in [2.75, 3.05) is 11.9 Å². The van der Waals surface area contributed by atoms with Crippen LogP contribution in [0.25, 0.3) is 0 Å². The molecule has 1 amide bonds. The molecule has 1 heterocycles. The van der Waals surface area contributed by atoms with E-state index in [-0.39, 0.29) is 23.9 Å². The number of hydrogen-bond donors (Lipinski definition) is 1. The molecule has 0 aliphatic heterocycles. The van der Waals surface area contributed by atoms with Gasteiger partial charge in [-0.1, -0.05) is 11.6 Å². The van der Waals surface area contributed by atoms with Crippen molar-refractivity contribution in [3.63, 3.8) is 0 Å². The van der Waals surface area contributed by atoms with E-state index in [0.717, 1.165) is 0 Å². The largest absolute Gasteiger partial charge is 0.461 e. The van der Waals surface area contributed by atoms with Gasteiger partial charge in [0.05, 0.1) is 6.61 Å². The molecule has 0 unspecified atom stereocenters. The number of benzene rings is 1. The van der Waals surface area contributed by atoms with Crippen molar-refractivity contribution in [1.82, 2.24) is 9.78 Å².